The minimum Gasteiger partial charge on any atom is -0.466 e. The molecule has 0 fully saturated rings. The van der Waals surface area contributed by atoms with E-state index in [1.54, 1.807) is 0 Å². The topological polar surface area (TPSA) is 64.6 Å². The first-order chi connectivity index (χ1) is 9.40. The molecule has 7 heteroatoms. The highest BCUT2D eigenvalue weighted by atomic mass is 19.2. The van der Waals surface area contributed by atoms with Crippen LogP contribution in [0.25, 0.3) is 0 Å². The zero-order valence-corrected chi connectivity index (χ0v) is 11.1. The highest BCUT2D eigenvalue weighted by Gasteiger charge is 2.16. The van der Waals surface area contributed by atoms with Crippen LogP contribution < -0.4 is 5.32 Å². The lowest BCUT2D eigenvalue weighted by Crippen LogP contribution is -2.16. The van der Waals surface area contributed by atoms with Crippen molar-refractivity contribution in [1.82, 2.24) is 0 Å². The second-order valence-corrected chi connectivity index (χ2v) is 3.73. The number of nitrogens with one attached hydrogen (secondary N) is 1. The lowest BCUT2D eigenvalue weighted by atomic mass is 10.1. The van der Waals surface area contributed by atoms with E-state index in [1.165, 1.54) is 13.0 Å². The zero-order chi connectivity index (χ0) is 15.3. The molecule has 0 spiro atoms. The van der Waals surface area contributed by atoms with Crippen LogP contribution in [0.1, 0.15) is 5.56 Å². The third-order valence-corrected chi connectivity index (χ3v) is 2.48. The van der Waals surface area contributed by atoms with Crippen molar-refractivity contribution in [3.63, 3.8) is 0 Å². The van der Waals surface area contributed by atoms with Crippen molar-refractivity contribution in [3.8, 4) is 0 Å². The molecule has 0 amide bonds. The Morgan fingerprint density at radius 3 is 2.40 bits per heavy atom. The van der Waals surface area contributed by atoms with Gasteiger partial charge in [-0.25, -0.2) is 18.4 Å². The largest absolute Gasteiger partial charge is 0.466 e. The number of methoxy groups -OCH3 is 2. The first kappa shape index (κ1) is 15.6. The average Bonchev–Trinajstić information content (AvgIpc) is 2.45. The number of carbonyl (C=O) groups is 2. The summed E-state index contributed by atoms with van der Waals surface area (Å²) in [5.41, 5.74) is -0.164. The molecular formula is C13H13F2NO4. The SMILES string of the molecule is COC(=O)/C=C(/Nc1ccc(F)c(F)c1C)C(=O)OC. The lowest BCUT2D eigenvalue weighted by molar-refractivity contribution is -0.138. The molecule has 1 aromatic rings. The van der Waals surface area contributed by atoms with Gasteiger partial charge in [0, 0.05) is 11.3 Å². The van der Waals surface area contributed by atoms with E-state index < -0.39 is 23.6 Å². The summed E-state index contributed by atoms with van der Waals surface area (Å²) >= 11 is 0. The van der Waals surface area contributed by atoms with Crippen LogP contribution in [0.2, 0.25) is 0 Å². The molecular weight excluding hydrogens is 272 g/mol. The van der Waals surface area contributed by atoms with Gasteiger partial charge in [-0.3, -0.25) is 0 Å². The molecule has 1 aromatic carbocycles. The van der Waals surface area contributed by atoms with Gasteiger partial charge in [0.25, 0.3) is 0 Å². The maximum absolute atomic E-state index is 13.4. The number of halogens is 2. The molecule has 108 valence electrons. The van der Waals surface area contributed by atoms with Gasteiger partial charge in [-0.05, 0) is 19.1 Å². The van der Waals surface area contributed by atoms with E-state index in [0.29, 0.717) is 0 Å². The summed E-state index contributed by atoms with van der Waals surface area (Å²) in [5.74, 6) is -3.69. The number of anilines is 1. The Hall–Kier alpha value is -2.44. The molecule has 0 aliphatic carbocycles. The Balaban J connectivity index is 3.14. The van der Waals surface area contributed by atoms with Crippen molar-refractivity contribution in [2.75, 3.05) is 19.5 Å². The number of hydrogen-bond donors (Lipinski definition) is 1. The number of ether oxygens (including phenoxy) is 2. The molecule has 1 N–H and O–H groups in total. The molecule has 0 atom stereocenters. The van der Waals surface area contributed by atoms with Gasteiger partial charge < -0.3 is 14.8 Å². The van der Waals surface area contributed by atoms with Crippen molar-refractivity contribution in [2.45, 2.75) is 6.92 Å². The van der Waals surface area contributed by atoms with Crippen molar-refractivity contribution in [3.05, 3.63) is 41.1 Å². The van der Waals surface area contributed by atoms with Crippen LogP contribution in [0.15, 0.2) is 23.9 Å². The predicted octanol–water partition coefficient (Wildman–Crippen LogP) is 1.92. The van der Waals surface area contributed by atoms with Gasteiger partial charge in [0.1, 0.15) is 5.70 Å². The van der Waals surface area contributed by atoms with Gasteiger partial charge in [-0.1, -0.05) is 0 Å². The highest BCUT2D eigenvalue weighted by Crippen LogP contribution is 2.22. The fourth-order valence-corrected chi connectivity index (χ4v) is 1.37. The van der Waals surface area contributed by atoms with Crippen LogP contribution >= 0.6 is 0 Å². The molecule has 0 radical (unpaired) electrons. The third kappa shape index (κ3) is 3.53. The minimum absolute atomic E-state index is 0.0373. The Labute approximate surface area is 114 Å². The maximum Gasteiger partial charge on any atom is 0.354 e. The standard InChI is InChI=1S/C13H13F2NO4/c1-7-9(5-4-8(14)12(7)15)16-10(13(18)20-3)6-11(17)19-2/h4-6,16H,1-3H3/b10-6+. The molecule has 0 saturated heterocycles. The molecule has 0 aliphatic rings. The van der Waals surface area contributed by atoms with Gasteiger partial charge in [-0.15, -0.1) is 0 Å². The summed E-state index contributed by atoms with van der Waals surface area (Å²) in [5, 5.41) is 2.51. The predicted molar refractivity (Wildman–Crippen MR) is 66.8 cm³/mol. The van der Waals surface area contributed by atoms with Crippen LogP contribution in [-0.4, -0.2) is 26.2 Å². The van der Waals surface area contributed by atoms with Gasteiger partial charge in [0.05, 0.1) is 20.3 Å². The first-order valence-electron chi connectivity index (χ1n) is 5.50. The summed E-state index contributed by atoms with van der Waals surface area (Å²) in [6.45, 7) is 1.33. The minimum atomic E-state index is -1.04. The van der Waals surface area contributed by atoms with Crippen molar-refractivity contribution >= 4 is 17.6 Å². The fraction of sp³-hybridized carbons (Fsp3) is 0.231. The molecule has 20 heavy (non-hydrogen) atoms. The van der Waals surface area contributed by atoms with Crippen LogP contribution in [0.3, 0.4) is 0 Å². The highest BCUT2D eigenvalue weighted by molar-refractivity contribution is 5.98. The maximum atomic E-state index is 13.4. The normalized spacial score (nSPS) is 10.9. The van der Waals surface area contributed by atoms with Crippen molar-refractivity contribution < 1.29 is 27.8 Å². The van der Waals surface area contributed by atoms with Crippen molar-refractivity contribution in [2.24, 2.45) is 0 Å². The number of rotatable bonds is 4. The number of carbonyl (C=O) groups excluding carboxylic acids is 2. The second-order valence-electron chi connectivity index (χ2n) is 3.73. The van der Waals surface area contributed by atoms with E-state index in [1.807, 2.05) is 0 Å². The van der Waals surface area contributed by atoms with Crippen LogP contribution in [-0.2, 0) is 19.1 Å². The molecule has 1 rings (SSSR count). The number of esters is 2. The number of benzene rings is 1. The fourth-order valence-electron chi connectivity index (χ4n) is 1.37. The molecule has 0 saturated carbocycles. The molecule has 5 nitrogen and oxygen atoms in total. The average molecular weight is 285 g/mol. The first-order valence-corrected chi connectivity index (χ1v) is 5.50. The Morgan fingerprint density at radius 1 is 1.20 bits per heavy atom. The lowest BCUT2D eigenvalue weighted by Gasteiger charge is -2.12. The Kier molecular flexibility index (Phi) is 5.19. The van der Waals surface area contributed by atoms with Crippen LogP contribution in [0.4, 0.5) is 14.5 Å². The van der Waals surface area contributed by atoms with E-state index in [2.05, 4.69) is 14.8 Å². The Bertz CT molecular complexity index is 570. The van der Waals surface area contributed by atoms with E-state index >= 15 is 0 Å². The summed E-state index contributed by atoms with van der Waals surface area (Å²) in [4.78, 5) is 22.7. The van der Waals surface area contributed by atoms with Gasteiger partial charge in [-0.2, -0.15) is 0 Å². The van der Waals surface area contributed by atoms with Crippen molar-refractivity contribution in [1.29, 1.82) is 0 Å². The zero-order valence-electron chi connectivity index (χ0n) is 11.1. The summed E-state index contributed by atoms with van der Waals surface area (Å²) in [6.07, 6.45) is 0.854. The molecule has 0 aliphatic heterocycles. The van der Waals surface area contributed by atoms with Gasteiger partial charge in [0.15, 0.2) is 11.6 Å². The quantitative estimate of drug-likeness (QED) is 0.676. The summed E-state index contributed by atoms with van der Waals surface area (Å²) in [7, 11) is 2.25. The van der Waals surface area contributed by atoms with Crippen LogP contribution in [0.5, 0.6) is 0 Å². The van der Waals surface area contributed by atoms with E-state index in [-0.39, 0.29) is 16.9 Å². The molecule has 0 heterocycles. The second kappa shape index (κ2) is 6.65. The van der Waals surface area contributed by atoms with Crippen LogP contribution in [0, 0.1) is 18.6 Å². The summed E-state index contributed by atoms with van der Waals surface area (Å²) < 4.78 is 35.3. The number of hydrogen-bond acceptors (Lipinski definition) is 5. The van der Waals surface area contributed by atoms with E-state index in [9.17, 15) is 18.4 Å². The van der Waals surface area contributed by atoms with Gasteiger partial charge >= 0.3 is 11.9 Å². The Morgan fingerprint density at radius 2 is 1.85 bits per heavy atom. The smallest absolute Gasteiger partial charge is 0.354 e. The summed E-state index contributed by atoms with van der Waals surface area (Å²) in [6, 6.07) is 2.14. The monoisotopic (exact) mass is 285 g/mol. The molecule has 0 bridgehead atoms. The molecule has 0 unspecified atom stereocenters. The molecule has 0 aromatic heterocycles. The van der Waals surface area contributed by atoms with E-state index in [0.717, 1.165) is 26.4 Å². The van der Waals surface area contributed by atoms with E-state index in [4.69, 9.17) is 0 Å². The van der Waals surface area contributed by atoms with Gasteiger partial charge in [0.2, 0.25) is 0 Å². The third-order valence-electron chi connectivity index (χ3n) is 2.48.